The van der Waals surface area contributed by atoms with Gasteiger partial charge in [0.1, 0.15) is 12.4 Å². The molecule has 0 spiro atoms. The van der Waals surface area contributed by atoms with Crippen LogP contribution >= 0.6 is 0 Å². The number of likely N-dealkylation sites (tertiary alicyclic amines) is 1. The molecule has 1 atom stereocenters. The lowest BCUT2D eigenvalue weighted by Gasteiger charge is -2.43. The number of hydrogen-bond donors (Lipinski definition) is 0. The van der Waals surface area contributed by atoms with Gasteiger partial charge in [0.2, 0.25) is 0 Å². The van der Waals surface area contributed by atoms with Crippen molar-refractivity contribution < 1.29 is 9.53 Å². The molecule has 2 heterocycles. The van der Waals surface area contributed by atoms with Crippen LogP contribution in [0.4, 0.5) is 0 Å². The van der Waals surface area contributed by atoms with Gasteiger partial charge in [-0.3, -0.25) is 14.6 Å². The molecule has 160 valence electrons. The van der Waals surface area contributed by atoms with E-state index in [2.05, 4.69) is 14.7 Å². The van der Waals surface area contributed by atoms with E-state index in [1.54, 1.807) is 0 Å². The second kappa shape index (κ2) is 10.1. The minimum atomic E-state index is 0.181. The van der Waals surface area contributed by atoms with Crippen molar-refractivity contribution in [1.29, 1.82) is 0 Å². The Morgan fingerprint density at radius 1 is 1.00 bits per heavy atom. The molecule has 0 N–H and O–H groups in total. The predicted molar refractivity (Wildman–Crippen MR) is 120 cm³/mol. The maximum Gasteiger partial charge on any atom is 0.253 e. The fourth-order valence-electron chi connectivity index (χ4n) is 4.56. The zero-order valence-electron chi connectivity index (χ0n) is 18.0. The standard InChI is InChI=1S/C25H33N3O2/c1-21-7-5-8-22(19-21)25(29)28-12-6-9-23(20-28)27-15-13-26(14-16-27)17-18-30-24-10-3-2-4-11-24/h2-5,7-8,10-11,19,23H,6,9,12-18,20H2,1H3. The van der Waals surface area contributed by atoms with Crippen LogP contribution in [0.25, 0.3) is 0 Å². The number of nitrogens with zero attached hydrogens (tertiary/aromatic N) is 3. The molecule has 2 aromatic rings. The molecule has 2 saturated heterocycles. The fraction of sp³-hybridized carbons (Fsp3) is 0.480. The van der Waals surface area contributed by atoms with Crippen molar-refractivity contribution in [2.24, 2.45) is 0 Å². The highest BCUT2D eigenvalue weighted by Crippen LogP contribution is 2.20. The Labute approximate surface area is 180 Å². The lowest BCUT2D eigenvalue weighted by atomic mass is 10.0. The number of amides is 1. The molecule has 5 nitrogen and oxygen atoms in total. The van der Waals surface area contributed by atoms with Crippen LogP contribution in [0.1, 0.15) is 28.8 Å². The third-order valence-corrected chi connectivity index (χ3v) is 6.29. The first kappa shape index (κ1) is 20.9. The minimum absolute atomic E-state index is 0.181. The summed E-state index contributed by atoms with van der Waals surface area (Å²) in [4.78, 5) is 20.1. The Kier molecular flexibility index (Phi) is 7.03. The van der Waals surface area contributed by atoms with Gasteiger partial charge in [-0.05, 0) is 44.0 Å². The zero-order valence-corrected chi connectivity index (χ0v) is 18.0. The van der Waals surface area contributed by atoms with Crippen molar-refractivity contribution >= 4 is 5.91 Å². The second-order valence-corrected chi connectivity index (χ2v) is 8.46. The van der Waals surface area contributed by atoms with E-state index >= 15 is 0 Å². The number of carbonyl (C=O) groups is 1. The van der Waals surface area contributed by atoms with Gasteiger partial charge in [0.25, 0.3) is 5.91 Å². The summed E-state index contributed by atoms with van der Waals surface area (Å²) in [7, 11) is 0. The summed E-state index contributed by atoms with van der Waals surface area (Å²) in [5, 5.41) is 0. The van der Waals surface area contributed by atoms with Crippen LogP contribution in [-0.2, 0) is 0 Å². The molecule has 2 fully saturated rings. The average Bonchev–Trinajstić information content (AvgIpc) is 2.80. The van der Waals surface area contributed by atoms with Gasteiger partial charge in [-0.15, -0.1) is 0 Å². The van der Waals surface area contributed by atoms with E-state index in [4.69, 9.17) is 4.74 Å². The van der Waals surface area contributed by atoms with Crippen molar-refractivity contribution in [3.05, 3.63) is 65.7 Å². The maximum atomic E-state index is 13.0. The first-order valence-electron chi connectivity index (χ1n) is 11.2. The van der Waals surface area contributed by atoms with Crippen molar-refractivity contribution in [1.82, 2.24) is 14.7 Å². The molecule has 0 aliphatic carbocycles. The molecule has 1 amide bonds. The highest BCUT2D eigenvalue weighted by molar-refractivity contribution is 5.94. The normalized spacial score (nSPS) is 20.8. The summed E-state index contributed by atoms with van der Waals surface area (Å²) in [5.74, 6) is 1.12. The minimum Gasteiger partial charge on any atom is -0.492 e. The van der Waals surface area contributed by atoms with Crippen LogP contribution in [0.15, 0.2) is 54.6 Å². The Bertz CT molecular complexity index is 818. The molecular formula is C25H33N3O2. The number of aryl methyl sites for hydroxylation is 1. The van der Waals surface area contributed by atoms with Gasteiger partial charge >= 0.3 is 0 Å². The molecular weight excluding hydrogens is 374 g/mol. The lowest BCUT2D eigenvalue weighted by molar-refractivity contribution is 0.0399. The van der Waals surface area contributed by atoms with Crippen molar-refractivity contribution in [3.63, 3.8) is 0 Å². The smallest absolute Gasteiger partial charge is 0.253 e. The Morgan fingerprint density at radius 2 is 1.80 bits per heavy atom. The van der Waals surface area contributed by atoms with Crippen molar-refractivity contribution in [3.8, 4) is 5.75 Å². The van der Waals surface area contributed by atoms with E-state index in [9.17, 15) is 4.79 Å². The Morgan fingerprint density at radius 3 is 2.57 bits per heavy atom. The van der Waals surface area contributed by atoms with E-state index < -0.39 is 0 Å². The van der Waals surface area contributed by atoms with Gasteiger partial charge < -0.3 is 9.64 Å². The average molecular weight is 408 g/mol. The number of ether oxygens (including phenoxy) is 1. The summed E-state index contributed by atoms with van der Waals surface area (Å²) < 4.78 is 5.84. The van der Waals surface area contributed by atoms with Gasteiger partial charge in [0, 0.05) is 57.4 Å². The first-order chi connectivity index (χ1) is 14.7. The van der Waals surface area contributed by atoms with Gasteiger partial charge in [-0.25, -0.2) is 0 Å². The zero-order chi connectivity index (χ0) is 20.8. The summed E-state index contributed by atoms with van der Waals surface area (Å²) in [6.45, 7) is 9.74. The van der Waals surface area contributed by atoms with Crippen LogP contribution in [0.3, 0.4) is 0 Å². The summed E-state index contributed by atoms with van der Waals surface area (Å²) in [6.07, 6.45) is 2.28. The number of benzene rings is 2. The number of piperazine rings is 1. The fourth-order valence-corrected chi connectivity index (χ4v) is 4.56. The number of piperidine rings is 1. The molecule has 4 rings (SSSR count). The highest BCUT2D eigenvalue weighted by Gasteiger charge is 2.30. The molecule has 0 bridgehead atoms. The van der Waals surface area contributed by atoms with E-state index in [0.29, 0.717) is 6.04 Å². The number of hydrogen-bond acceptors (Lipinski definition) is 4. The molecule has 5 heteroatoms. The first-order valence-corrected chi connectivity index (χ1v) is 11.2. The quantitative estimate of drug-likeness (QED) is 0.736. The van der Waals surface area contributed by atoms with E-state index in [0.717, 1.165) is 75.7 Å². The van der Waals surface area contributed by atoms with E-state index in [1.807, 2.05) is 61.5 Å². The van der Waals surface area contributed by atoms with Crippen molar-refractivity contribution in [2.45, 2.75) is 25.8 Å². The third kappa shape index (κ3) is 5.41. The Balaban J connectivity index is 1.23. The van der Waals surface area contributed by atoms with E-state index in [-0.39, 0.29) is 5.91 Å². The van der Waals surface area contributed by atoms with Gasteiger partial charge in [0.15, 0.2) is 0 Å². The number of rotatable bonds is 6. The second-order valence-electron chi connectivity index (χ2n) is 8.46. The number of carbonyl (C=O) groups excluding carboxylic acids is 1. The largest absolute Gasteiger partial charge is 0.492 e. The predicted octanol–water partition coefficient (Wildman–Crippen LogP) is 3.30. The molecule has 2 aliphatic rings. The Hall–Kier alpha value is -2.37. The molecule has 0 aromatic heterocycles. The summed E-state index contributed by atoms with van der Waals surface area (Å²) in [6, 6.07) is 18.5. The van der Waals surface area contributed by atoms with Gasteiger partial charge in [-0.1, -0.05) is 35.9 Å². The van der Waals surface area contributed by atoms with E-state index in [1.165, 1.54) is 6.42 Å². The maximum absolute atomic E-state index is 13.0. The molecule has 2 aliphatic heterocycles. The molecule has 0 radical (unpaired) electrons. The lowest BCUT2D eigenvalue weighted by Crippen LogP contribution is -2.56. The summed E-state index contributed by atoms with van der Waals surface area (Å²) >= 11 is 0. The van der Waals surface area contributed by atoms with Crippen LogP contribution < -0.4 is 4.74 Å². The SMILES string of the molecule is Cc1cccc(C(=O)N2CCCC(N3CCN(CCOc4ccccc4)CC3)C2)c1. The van der Waals surface area contributed by atoms with Crippen LogP contribution in [0, 0.1) is 6.92 Å². The molecule has 1 unspecified atom stereocenters. The third-order valence-electron chi connectivity index (χ3n) is 6.29. The van der Waals surface area contributed by atoms with Crippen molar-refractivity contribution in [2.75, 3.05) is 52.4 Å². The van der Waals surface area contributed by atoms with Crippen LogP contribution in [-0.4, -0.2) is 79.1 Å². The van der Waals surface area contributed by atoms with Crippen LogP contribution in [0.2, 0.25) is 0 Å². The summed E-state index contributed by atoms with van der Waals surface area (Å²) in [5.41, 5.74) is 1.96. The molecule has 2 aromatic carbocycles. The van der Waals surface area contributed by atoms with Crippen LogP contribution in [0.5, 0.6) is 5.75 Å². The molecule has 30 heavy (non-hydrogen) atoms. The monoisotopic (exact) mass is 407 g/mol. The molecule has 0 saturated carbocycles. The highest BCUT2D eigenvalue weighted by atomic mass is 16.5. The van der Waals surface area contributed by atoms with Gasteiger partial charge in [-0.2, -0.15) is 0 Å². The van der Waals surface area contributed by atoms with Gasteiger partial charge in [0.05, 0.1) is 0 Å². The topological polar surface area (TPSA) is 36.0 Å². The number of para-hydroxylation sites is 1.